The summed E-state index contributed by atoms with van der Waals surface area (Å²) in [5, 5.41) is 0. The molecule has 0 saturated heterocycles. The lowest BCUT2D eigenvalue weighted by Gasteiger charge is -2.47. The topological polar surface area (TPSA) is 54.1 Å². The molecule has 3 rings (SSSR count). The Kier molecular flexibility index (Phi) is 3.53. The Morgan fingerprint density at radius 3 is 2.95 bits per heavy atom. The fourth-order valence-electron chi connectivity index (χ4n) is 3.41. The Balaban J connectivity index is 2.01. The number of hydrogen-bond donors (Lipinski definition) is 1. The van der Waals surface area contributed by atoms with Gasteiger partial charge < -0.3 is 20.3 Å². The predicted molar refractivity (Wildman–Crippen MR) is 84.5 cm³/mol. The quantitative estimate of drug-likeness (QED) is 0.905. The minimum Gasteiger partial charge on any atom is -0.493 e. The molecule has 0 radical (unpaired) electrons. The zero-order chi connectivity index (χ0) is 15.0. The first-order valence-corrected chi connectivity index (χ1v) is 7.50. The van der Waals surface area contributed by atoms with E-state index in [1.807, 2.05) is 12.1 Å². The van der Waals surface area contributed by atoms with Crippen molar-refractivity contribution >= 4 is 5.96 Å². The highest BCUT2D eigenvalue weighted by Crippen LogP contribution is 2.46. The third kappa shape index (κ3) is 2.16. The Morgan fingerprint density at radius 1 is 1.43 bits per heavy atom. The van der Waals surface area contributed by atoms with Crippen molar-refractivity contribution in [3.05, 3.63) is 29.8 Å². The highest BCUT2D eigenvalue weighted by atomic mass is 16.5. The fourth-order valence-corrected chi connectivity index (χ4v) is 3.41. The summed E-state index contributed by atoms with van der Waals surface area (Å²) in [7, 11) is 4.16. The highest BCUT2D eigenvalue weighted by molar-refractivity contribution is 5.82. The molecule has 0 fully saturated rings. The molecule has 2 atom stereocenters. The van der Waals surface area contributed by atoms with E-state index in [0.29, 0.717) is 25.0 Å². The van der Waals surface area contributed by atoms with Crippen LogP contribution in [0, 0.1) is 5.92 Å². The van der Waals surface area contributed by atoms with Crippen LogP contribution in [0.25, 0.3) is 0 Å². The largest absolute Gasteiger partial charge is 0.493 e. The van der Waals surface area contributed by atoms with E-state index in [0.717, 1.165) is 18.8 Å². The number of fused-ring (bicyclic) bond motifs is 2. The summed E-state index contributed by atoms with van der Waals surface area (Å²) in [4.78, 5) is 9.02. The molecule has 5 nitrogen and oxygen atoms in total. The summed E-state index contributed by atoms with van der Waals surface area (Å²) < 4.78 is 5.90. The summed E-state index contributed by atoms with van der Waals surface area (Å²) in [5.41, 5.74) is 7.26. The van der Waals surface area contributed by atoms with E-state index < -0.39 is 0 Å². The van der Waals surface area contributed by atoms with Crippen molar-refractivity contribution in [3.63, 3.8) is 0 Å². The Labute approximate surface area is 126 Å². The molecular formula is C16H24N4O. The normalized spacial score (nSPS) is 27.7. The average molecular weight is 288 g/mol. The van der Waals surface area contributed by atoms with Crippen LogP contribution in [0.2, 0.25) is 0 Å². The second kappa shape index (κ2) is 5.22. The molecule has 1 aromatic rings. The molecule has 2 unspecified atom stereocenters. The molecule has 114 valence electrons. The Hall–Kier alpha value is -1.75. The first kappa shape index (κ1) is 14.2. The lowest BCUT2D eigenvalue weighted by Crippen LogP contribution is -2.57. The first-order chi connectivity index (χ1) is 10.1. The number of hydrogen-bond acceptors (Lipinski definition) is 5. The van der Waals surface area contributed by atoms with Crippen LogP contribution in [0.3, 0.4) is 0 Å². The van der Waals surface area contributed by atoms with Gasteiger partial charge in [0.25, 0.3) is 0 Å². The van der Waals surface area contributed by atoms with Gasteiger partial charge >= 0.3 is 0 Å². The fraction of sp³-hybridized carbons (Fsp3) is 0.562. The van der Waals surface area contributed by atoms with Gasteiger partial charge in [0.05, 0.1) is 18.7 Å². The summed E-state index contributed by atoms with van der Waals surface area (Å²) in [6.07, 6.45) is 0. The zero-order valence-corrected chi connectivity index (χ0v) is 13.0. The molecule has 1 aromatic carbocycles. The van der Waals surface area contributed by atoms with E-state index >= 15 is 0 Å². The van der Waals surface area contributed by atoms with E-state index in [1.165, 1.54) is 5.56 Å². The van der Waals surface area contributed by atoms with Gasteiger partial charge in [-0.3, -0.25) is 4.99 Å². The maximum absolute atomic E-state index is 6.21. The van der Waals surface area contributed by atoms with Crippen molar-refractivity contribution in [1.82, 2.24) is 9.80 Å². The number of benzene rings is 1. The van der Waals surface area contributed by atoms with E-state index in [4.69, 9.17) is 10.5 Å². The van der Waals surface area contributed by atoms with Crippen molar-refractivity contribution in [2.45, 2.75) is 12.5 Å². The third-order valence-corrected chi connectivity index (χ3v) is 4.67. The maximum Gasteiger partial charge on any atom is 0.192 e. The van der Waals surface area contributed by atoms with Crippen LogP contribution in [0.1, 0.15) is 12.5 Å². The molecule has 0 aromatic heterocycles. The van der Waals surface area contributed by atoms with Crippen molar-refractivity contribution in [2.75, 3.05) is 40.3 Å². The number of guanidine groups is 1. The van der Waals surface area contributed by atoms with Gasteiger partial charge in [-0.1, -0.05) is 25.1 Å². The number of nitrogens with two attached hydrogens (primary N) is 1. The van der Waals surface area contributed by atoms with Gasteiger partial charge in [0.2, 0.25) is 0 Å². The van der Waals surface area contributed by atoms with Crippen LogP contribution in [0.5, 0.6) is 5.75 Å². The number of rotatable bonds is 3. The molecule has 1 spiro atoms. The lowest BCUT2D eigenvalue weighted by atomic mass is 9.76. The molecule has 0 amide bonds. The molecule has 5 heteroatoms. The van der Waals surface area contributed by atoms with E-state index in [9.17, 15) is 0 Å². The molecular weight excluding hydrogens is 264 g/mol. The zero-order valence-electron chi connectivity index (χ0n) is 13.0. The van der Waals surface area contributed by atoms with Gasteiger partial charge in [-0.15, -0.1) is 0 Å². The van der Waals surface area contributed by atoms with E-state index in [2.05, 4.69) is 47.9 Å². The summed E-state index contributed by atoms with van der Waals surface area (Å²) in [6.45, 7) is 5.48. The second-order valence-corrected chi connectivity index (χ2v) is 6.26. The van der Waals surface area contributed by atoms with Gasteiger partial charge in [0.1, 0.15) is 5.75 Å². The Bertz CT molecular complexity index is 557. The highest BCUT2D eigenvalue weighted by Gasteiger charge is 2.51. The van der Waals surface area contributed by atoms with E-state index in [1.54, 1.807) is 0 Å². The van der Waals surface area contributed by atoms with Crippen LogP contribution in [0.4, 0.5) is 0 Å². The minimum atomic E-state index is -0.158. The van der Waals surface area contributed by atoms with Crippen molar-refractivity contribution in [2.24, 2.45) is 16.6 Å². The second-order valence-electron chi connectivity index (χ2n) is 6.26. The van der Waals surface area contributed by atoms with Crippen molar-refractivity contribution < 1.29 is 4.74 Å². The van der Waals surface area contributed by atoms with Gasteiger partial charge in [0, 0.05) is 24.6 Å². The molecule has 0 bridgehead atoms. The summed E-state index contributed by atoms with van der Waals surface area (Å²) >= 11 is 0. The lowest BCUT2D eigenvalue weighted by molar-refractivity contribution is 0.0565. The van der Waals surface area contributed by atoms with Crippen LogP contribution in [0.15, 0.2) is 29.3 Å². The average Bonchev–Trinajstić information content (AvgIpc) is 2.79. The number of aliphatic imine (C=N–C) groups is 1. The number of likely N-dealkylation sites (N-methyl/N-ethyl adjacent to an activating group) is 1. The summed E-state index contributed by atoms with van der Waals surface area (Å²) in [6, 6.07) is 8.29. The Morgan fingerprint density at radius 2 is 2.19 bits per heavy atom. The van der Waals surface area contributed by atoms with Gasteiger partial charge in [-0.05, 0) is 20.2 Å². The minimum absolute atomic E-state index is 0.158. The predicted octanol–water partition coefficient (Wildman–Crippen LogP) is 1.10. The monoisotopic (exact) mass is 288 g/mol. The van der Waals surface area contributed by atoms with Crippen LogP contribution >= 0.6 is 0 Å². The number of ether oxygens (including phenoxy) is 1. The SMILES string of the molecule is CC1COc2ccccc2C12CN=C(N)N2CCN(C)C. The number of nitrogens with zero attached hydrogens (tertiary/aromatic N) is 3. The molecule has 21 heavy (non-hydrogen) atoms. The molecule has 2 aliphatic rings. The van der Waals surface area contributed by atoms with Gasteiger partial charge in [0.15, 0.2) is 5.96 Å². The van der Waals surface area contributed by atoms with Crippen LogP contribution in [-0.4, -0.2) is 56.1 Å². The molecule has 0 saturated carbocycles. The van der Waals surface area contributed by atoms with E-state index in [-0.39, 0.29) is 5.54 Å². The van der Waals surface area contributed by atoms with Crippen LogP contribution < -0.4 is 10.5 Å². The maximum atomic E-state index is 6.21. The van der Waals surface area contributed by atoms with Crippen molar-refractivity contribution in [1.29, 1.82) is 0 Å². The number of para-hydroxylation sites is 1. The molecule has 2 heterocycles. The smallest absolute Gasteiger partial charge is 0.192 e. The molecule has 2 aliphatic heterocycles. The summed E-state index contributed by atoms with van der Waals surface area (Å²) in [5.74, 6) is 1.97. The van der Waals surface area contributed by atoms with Gasteiger partial charge in [-0.25, -0.2) is 0 Å². The first-order valence-electron chi connectivity index (χ1n) is 7.50. The standard InChI is InChI=1S/C16H24N4O/c1-12-10-21-14-7-5-4-6-13(14)16(12)11-18-15(17)20(16)9-8-19(2)3/h4-7,12H,8-11H2,1-3H3,(H2,17,18). The molecule has 2 N–H and O–H groups in total. The third-order valence-electron chi connectivity index (χ3n) is 4.67. The van der Waals surface area contributed by atoms with Gasteiger partial charge in [-0.2, -0.15) is 0 Å². The van der Waals surface area contributed by atoms with Crippen molar-refractivity contribution in [3.8, 4) is 5.75 Å². The molecule has 0 aliphatic carbocycles. The van der Waals surface area contributed by atoms with Crippen LogP contribution in [-0.2, 0) is 5.54 Å².